The topological polar surface area (TPSA) is 55.4 Å². The zero-order valence-corrected chi connectivity index (χ0v) is 14.0. The van der Waals surface area contributed by atoms with E-state index >= 15 is 0 Å². The second kappa shape index (κ2) is 8.66. The van der Waals surface area contributed by atoms with Gasteiger partial charge in [-0.05, 0) is 42.3 Å². The third kappa shape index (κ3) is 5.51. The van der Waals surface area contributed by atoms with Gasteiger partial charge in [-0.25, -0.2) is 9.18 Å². The van der Waals surface area contributed by atoms with Crippen molar-refractivity contribution in [3.63, 3.8) is 0 Å². The van der Waals surface area contributed by atoms with Crippen molar-refractivity contribution in [3.05, 3.63) is 69.5 Å². The summed E-state index contributed by atoms with van der Waals surface area (Å²) in [6.45, 7) is -0.0444. The van der Waals surface area contributed by atoms with Crippen LogP contribution in [0.3, 0.4) is 0 Å². The summed E-state index contributed by atoms with van der Waals surface area (Å²) in [7, 11) is 0. The molecule has 2 rings (SSSR count). The van der Waals surface area contributed by atoms with E-state index in [-0.39, 0.29) is 16.4 Å². The van der Waals surface area contributed by atoms with Crippen molar-refractivity contribution in [2.75, 3.05) is 13.2 Å². The number of hydrogen-bond acceptors (Lipinski definition) is 3. The van der Waals surface area contributed by atoms with Crippen LogP contribution in [0, 0.1) is 5.82 Å². The molecule has 0 bridgehead atoms. The predicted octanol–water partition coefficient (Wildman–Crippen LogP) is 3.65. The van der Waals surface area contributed by atoms with E-state index < -0.39 is 18.5 Å². The second-order valence-electron chi connectivity index (χ2n) is 4.93. The highest BCUT2D eigenvalue weighted by Gasteiger charge is 2.11. The van der Waals surface area contributed by atoms with E-state index in [2.05, 4.69) is 5.32 Å². The molecule has 2 aromatic rings. The maximum absolute atomic E-state index is 12.8. The van der Waals surface area contributed by atoms with Gasteiger partial charge in [0, 0.05) is 6.54 Å². The van der Waals surface area contributed by atoms with Crippen molar-refractivity contribution in [1.82, 2.24) is 5.32 Å². The van der Waals surface area contributed by atoms with Gasteiger partial charge in [0.05, 0.1) is 15.6 Å². The second-order valence-corrected chi connectivity index (χ2v) is 5.75. The summed E-state index contributed by atoms with van der Waals surface area (Å²) in [5, 5.41) is 3.17. The van der Waals surface area contributed by atoms with Gasteiger partial charge in [0.2, 0.25) is 0 Å². The summed E-state index contributed by atoms with van der Waals surface area (Å²) in [5.41, 5.74) is 1.10. The molecule has 0 unspecified atom stereocenters. The predicted molar refractivity (Wildman–Crippen MR) is 89.9 cm³/mol. The molecule has 7 heteroatoms. The number of carbonyl (C=O) groups is 2. The van der Waals surface area contributed by atoms with Crippen LogP contribution in [0.5, 0.6) is 0 Å². The minimum Gasteiger partial charge on any atom is -0.452 e. The third-order valence-electron chi connectivity index (χ3n) is 3.14. The molecule has 0 spiro atoms. The van der Waals surface area contributed by atoms with E-state index in [1.54, 1.807) is 12.1 Å². The zero-order chi connectivity index (χ0) is 17.5. The van der Waals surface area contributed by atoms with Crippen molar-refractivity contribution in [2.45, 2.75) is 6.42 Å². The van der Waals surface area contributed by atoms with Gasteiger partial charge < -0.3 is 10.1 Å². The van der Waals surface area contributed by atoms with Gasteiger partial charge in [-0.15, -0.1) is 0 Å². The van der Waals surface area contributed by atoms with Crippen LogP contribution in [0.2, 0.25) is 10.0 Å². The molecule has 0 saturated heterocycles. The van der Waals surface area contributed by atoms with Crippen molar-refractivity contribution in [2.24, 2.45) is 0 Å². The van der Waals surface area contributed by atoms with Crippen molar-refractivity contribution in [1.29, 1.82) is 0 Å². The average molecular weight is 370 g/mol. The number of rotatable bonds is 6. The first kappa shape index (κ1) is 18.2. The van der Waals surface area contributed by atoms with Gasteiger partial charge in [0.25, 0.3) is 5.91 Å². The van der Waals surface area contributed by atoms with E-state index in [0.717, 1.165) is 5.56 Å². The molecule has 0 radical (unpaired) electrons. The number of ether oxygens (including phenoxy) is 1. The zero-order valence-electron chi connectivity index (χ0n) is 12.5. The van der Waals surface area contributed by atoms with Crippen LogP contribution in [0.25, 0.3) is 0 Å². The maximum atomic E-state index is 12.8. The molecule has 1 N–H and O–H groups in total. The number of hydrogen-bond donors (Lipinski definition) is 1. The Morgan fingerprint density at radius 1 is 1.04 bits per heavy atom. The molecule has 0 aromatic heterocycles. The Morgan fingerprint density at radius 2 is 1.75 bits per heavy atom. The molecular weight excluding hydrogens is 356 g/mol. The Morgan fingerprint density at radius 3 is 2.42 bits per heavy atom. The molecule has 0 fully saturated rings. The van der Waals surface area contributed by atoms with E-state index in [9.17, 15) is 14.0 Å². The Bertz CT molecular complexity index is 735. The normalized spacial score (nSPS) is 10.3. The Labute approximate surface area is 148 Å². The fourth-order valence-electron chi connectivity index (χ4n) is 1.89. The van der Waals surface area contributed by atoms with Gasteiger partial charge in [0.1, 0.15) is 5.82 Å². The fraction of sp³-hybridized carbons (Fsp3) is 0.176. The number of carbonyl (C=O) groups excluding carboxylic acids is 2. The lowest BCUT2D eigenvalue weighted by Gasteiger charge is -2.07. The molecule has 24 heavy (non-hydrogen) atoms. The van der Waals surface area contributed by atoms with Crippen LogP contribution in [-0.4, -0.2) is 25.0 Å². The van der Waals surface area contributed by atoms with E-state index in [0.29, 0.717) is 18.0 Å². The van der Waals surface area contributed by atoms with Gasteiger partial charge in [-0.2, -0.15) is 0 Å². The maximum Gasteiger partial charge on any atom is 0.338 e. The molecule has 1 amide bonds. The van der Waals surface area contributed by atoms with Gasteiger partial charge in [0.15, 0.2) is 6.61 Å². The van der Waals surface area contributed by atoms with Crippen LogP contribution < -0.4 is 5.32 Å². The first-order valence-corrected chi connectivity index (χ1v) is 7.84. The van der Waals surface area contributed by atoms with Crippen molar-refractivity contribution >= 4 is 35.1 Å². The first-order valence-electron chi connectivity index (χ1n) is 7.09. The summed E-state index contributed by atoms with van der Waals surface area (Å²) < 4.78 is 17.7. The number of nitrogens with one attached hydrogen (secondary N) is 1. The minimum absolute atomic E-state index is 0.212. The highest BCUT2D eigenvalue weighted by Crippen LogP contribution is 2.22. The number of benzene rings is 2. The minimum atomic E-state index is -0.665. The molecule has 0 aliphatic carbocycles. The third-order valence-corrected chi connectivity index (χ3v) is 3.88. The first-order chi connectivity index (χ1) is 11.5. The fourth-order valence-corrected chi connectivity index (χ4v) is 2.18. The Balaban J connectivity index is 1.73. The molecule has 0 aliphatic heterocycles. The van der Waals surface area contributed by atoms with Gasteiger partial charge in [-0.1, -0.05) is 35.3 Å². The van der Waals surface area contributed by atoms with Crippen LogP contribution in [0.1, 0.15) is 15.9 Å². The highest BCUT2D eigenvalue weighted by molar-refractivity contribution is 6.42. The molecule has 2 aromatic carbocycles. The molecule has 126 valence electrons. The van der Waals surface area contributed by atoms with Gasteiger partial charge >= 0.3 is 5.97 Å². The van der Waals surface area contributed by atoms with E-state index in [1.807, 2.05) is 0 Å². The number of amides is 1. The molecule has 0 aliphatic rings. The van der Waals surface area contributed by atoms with Crippen molar-refractivity contribution < 1.29 is 18.7 Å². The Hall–Kier alpha value is -2.11. The van der Waals surface area contributed by atoms with E-state index in [1.165, 1.54) is 30.3 Å². The SMILES string of the molecule is O=C(COC(=O)c1ccc(Cl)c(Cl)c1)NCCc1ccc(F)cc1. The molecule has 0 saturated carbocycles. The number of esters is 1. The number of halogens is 3. The lowest BCUT2D eigenvalue weighted by Crippen LogP contribution is -2.30. The molecule has 0 heterocycles. The molecular formula is C17H14Cl2FNO3. The largest absolute Gasteiger partial charge is 0.452 e. The summed E-state index contributed by atoms with van der Waals surface area (Å²) in [5.74, 6) is -1.40. The van der Waals surface area contributed by atoms with Crippen LogP contribution in [0.4, 0.5) is 4.39 Å². The van der Waals surface area contributed by atoms with Crippen molar-refractivity contribution in [3.8, 4) is 0 Å². The van der Waals surface area contributed by atoms with Crippen LogP contribution in [0.15, 0.2) is 42.5 Å². The monoisotopic (exact) mass is 369 g/mol. The Kier molecular flexibility index (Phi) is 6.58. The van der Waals surface area contributed by atoms with Crippen LogP contribution >= 0.6 is 23.2 Å². The highest BCUT2D eigenvalue weighted by atomic mass is 35.5. The molecule has 4 nitrogen and oxygen atoms in total. The molecule has 0 atom stereocenters. The standard InChI is InChI=1S/C17H14Cl2FNO3/c18-14-6-3-12(9-15(14)19)17(23)24-10-16(22)21-8-7-11-1-4-13(20)5-2-11/h1-6,9H,7-8,10H2,(H,21,22). The van der Waals surface area contributed by atoms with Gasteiger partial charge in [-0.3, -0.25) is 4.79 Å². The summed E-state index contributed by atoms with van der Waals surface area (Å²) >= 11 is 11.6. The summed E-state index contributed by atoms with van der Waals surface area (Å²) in [6.07, 6.45) is 0.548. The van der Waals surface area contributed by atoms with Crippen LogP contribution in [-0.2, 0) is 16.0 Å². The smallest absolute Gasteiger partial charge is 0.338 e. The summed E-state index contributed by atoms with van der Waals surface area (Å²) in [6, 6.07) is 10.3. The lowest BCUT2D eigenvalue weighted by molar-refractivity contribution is -0.124. The average Bonchev–Trinajstić information content (AvgIpc) is 2.57. The van der Waals surface area contributed by atoms with E-state index in [4.69, 9.17) is 27.9 Å². The summed E-state index contributed by atoms with van der Waals surface area (Å²) in [4.78, 5) is 23.4. The quantitative estimate of drug-likeness (QED) is 0.790. The lowest BCUT2D eigenvalue weighted by atomic mass is 10.1.